The van der Waals surface area contributed by atoms with E-state index in [1.54, 1.807) is 12.1 Å². The van der Waals surface area contributed by atoms with Crippen LogP contribution < -0.4 is 10.2 Å². The average Bonchev–Trinajstić information content (AvgIpc) is 2.20. The van der Waals surface area contributed by atoms with Crippen molar-refractivity contribution in [2.45, 2.75) is 20.0 Å². The molecule has 0 aromatic heterocycles. The van der Waals surface area contributed by atoms with Crippen LogP contribution in [0.3, 0.4) is 0 Å². The minimum absolute atomic E-state index is 0.0183. The van der Waals surface area contributed by atoms with E-state index in [1.807, 2.05) is 13.8 Å². The Morgan fingerprint density at radius 2 is 2.12 bits per heavy atom. The molecule has 0 aliphatic heterocycles. The Labute approximate surface area is 99.5 Å². The van der Waals surface area contributed by atoms with Gasteiger partial charge in [-0.25, -0.2) is 5.48 Å². The van der Waals surface area contributed by atoms with Gasteiger partial charge in [-0.3, -0.25) is 9.63 Å². The number of nitrogens with one attached hydrogen (secondary N) is 1. The van der Waals surface area contributed by atoms with Gasteiger partial charge in [0, 0.05) is 5.02 Å². The second-order valence-corrected chi connectivity index (χ2v) is 3.88. The first-order valence-corrected chi connectivity index (χ1v) is 5.22. The summed E-state index contributed by atoms with van der Waals surface area (Å²) in [6.07, 6.45) is -0.0183. The van der Waals surface area contributed by atoms with Crippen LogP contribution in [-0.2, 0) is 4.84 Å². The van der Waals surface area contributed by atoms with E-state index >= 15 is 0 Å². The molecule has 0 atom stereocenters. The van der Waals surface area contributed by atoms with Crippen LogP contribution in [0.1, 0.15) is 24.2 Å². The zero-order chi connectivity index (χ0) is 12.1. The summed E-state index contributed by atoms with van der Waals surface area (Å²) in [5.74, 6) is 0.0922. The third-order valence-electron chi connectivity index (χ3n) is 1.74. The maximum Gasteiger partial charge on any atom is 0.278 e. The quantitative estimate of drug-likeness (QED) is 0.827. The zero-order valence-corrected chi connectivity index (χ0v) is 10.2. The number of hydrogen-bond acceptors (Lipinski definition) is 3. The Kier molecular flexibility index (Phi) is 4.58. The van der Waals surface area contributed by atoms with Crippen LogP contribution in [0.2, 0.25) is 5.02 Å². The standard InChI is InChI=1S/C11H14ClNO3/c1-7(2)16-10-5-4-8(12)6-9(10)11(14)13-15-3/h4-7H,1-3H3,(H,13,14). The lowest BCUT2D eigenvalue weighted by molar-refractivity contribution is 0.0532. The molecule has 1 aromatic carbocycles. The minimum Gasteiger partial charge on any atom is -0.490 e. The lowest BCUT2D eigenvalue weighted by Crippen LogP contribution is -2.23. The summed E-state index contributed by atoms with van der Waals surface area (Å²) in [7, 11) is 1.37. The van der Waals surface area contributed by atoms with Gasteiger partial charge < -0.3 is 4.74 Å². The number of rotatable bonds is 4. The van der Waals surface area contributed by atoms with Gasteiger partial charge in [-0.15, -0.1) is 0 Å². The molecule has 0 aliphatic carbocycles. The number of carbonyl (C=O) groups is 1. The fraction of sp³-hybridized carbons (Fsp3) is 0.364. The van der Waals surface area contributed by atoms with Gasteiger partial charge in [-0.1, -0.05) is 11.6 Å². The number of amides is 1. The Morgan fingerprint density at radius 1 is 1.44 bits per heavy atom. The second kappa shape index (κ2) is 5.72. The monoisotopic (exact) mass is 243 g/mol. The highest BCUT2D eigenvalue weighted by molar-refractivity contribution is 6.31. The van der Waals surface area contributed by atoms with E-state index in [2.05, 4.69) is 10.3 Å². The van der Waals surface area contributed by atoms with Crippen molar-refractivity contribution in [2.75, 3.05) is 7.11 Å². The molecule has 0 saturated carbocycles. The van der Waals surface area contributed by atoms with Crippen molar-refractivity contribution in [1.29, 1.82) is 0 Å². The van der Waals surface area contributed by atoms with Crippen LogP contribution in [0.15, 0.2) is 18.2 Å². The molecule has 0 radical (unpaired) electrons. The topological polar surface area (TPSA) is 47.6 Å². The van der Waals surface area contributed by atoms with Gasteiger partial charge in [0.05, 0.1) is 18.8 Å². The van der Waals surface area contributed by atoms with Crippen molar-refractivity contribution in [1.82, 2.24) is 5.48 Å². The number of carbonyl (C=O) groups excluding carboxylic acids is 1. The van der Waals surface area contributed by atoms with Gasteiger partial charge in [0.25, 0.3) is 5.91 Å². The normalized spacial score (nSPS) is 10.3. The smallest absolute Gasteiger partial charge is 0.278 e. The molecule has 0 unspecified atom stereocenters. The van der Waals surface area contributed by atoms with Crippen LogP contribution in [0, 0.1) is 0 Å². The molecule has 1 aromatic rings. The van der Waals surface area contributed by atoms with Gasteiger partial charge >= 0.3 is 0 Å². The van der Waals surface area contributed by atoms with Gasteiger partial charge in [-0.05, 0) is 32.0 Å². The summed E-state index contributed by atoms with van der Waals surface area (Å²) in [6, 6.07) is 4.86. The molecule has 0 fully saturated rings. The molecular formula is C11H14ClNO3. The maximum atomic E-state index is 11.6. The summed E-state index contributed by atoms with van der Waals surface area (Å²) < 4.78 is 5.49. The molecule has 88 valence electrons. The number of benzene rings is 1. The van der Waals surface area contributed by atoms with Gasteiger partial charge in [0.1, 0.15) is 5.75 Å². The van der Waals surface area contributed by atoms with Crippen molar-refractivity contribution in [3.63, 3.8) is 0 Å². The van der Waals surface area contributed by atoms with Gasteiger partial charge in [0.2, 0.25) is 0 Å². The summed E-state index contributed by atoms with van der Waals surface area (Å²) in [4.78, 5) is 16.2. The van der Waals surface area contributed by atoms with Crippen LogP contribution >= 0.6 is 11.6 Å². The van der Waals surface area contributed by atoms with Crippen molar-refractivity contribution in [3.05, 3.63) is 28.8 Å². The maximum absolute atomic E-state index is 11.6. The van der Waals surface area contributed by atoms with Gasteiger partial charge in [-0.2, -0.15) is 0 Å². The van der Waals surface area contributed by atoms with Crippen LogP contribution in [0.25, 0.3) is 0 Å². The van der Waals surface area contributed by atoms with E-state index in [9.17, 15) is 4.79 Å². The van der Waals surface area contributed by atoms with Crippen LogP contribution in [-0.4, -0.2) is 19.1 Å². The predicted octanol–water partition coefficient (Wildman–Crippen LogP) is 2.42. The predicted molar refractivity (Wildman–Crippen MR) is 61.7 cm³/mol. The minimum atomic E-state index is -0.388. The van der Waals surface area contributed by atoms with Crippen molar-refractivity contribution < 1.29 is 14.4 Å². The first kappa shape index (κ1) is 12.8. The molecule has 0 saturated heterocycles. The SMILES string of the molecule is CONC(=O)c1cc(Cl)ccc1OC(C)C. The molecule has 0 heterocycles. The van der Waals surface area contributed by atoms with E-state index in [0.717, 1.165) is 0 Å². The zero-order valence-electron chi connectivity index (χ0n) is 9.41. The van der Waals surface area contributed by atoms with Crippen molar-refractivity contribution in [3.8, 4) is 5.75 Å². The van der Waals surface area contributed by atoms with Crippen molar-refractivity contribution >= 4 is 17.5 Å². The largest absolute Gasteiger partial charge is 0.490 e. The van der Waals surface area contributed by atoms with E-state index in [-0.39, 0.29) is 12.0 Å². The molecule has 1 rings (SSSR count). The van der Waals surface area contributed by atoms with Crippen LogP contribution in [0.5, 0.6) is 5.75 Å². The van der Waals surface area contributed by atoms with E-state index in [1.165, 1.54) is 13.2 Å². The molecule has 16 heavy (non-hydrogen) atoms. The number of hydrogen-bond donors (Lipinski definition) is 1. The highest BCUT2D eigenvalue weighted by Gasteiger charge is 2.14. The molecule has 1 N–H and O–H groups in total. The number of halogens is 1. The Balaban J connectivity index is 3.02. The lowest BCUT2D eigenvalue weighted by atomic mass is 10.2. The highest BCUT2D eigenvalue weighted by atomic mass is 35.5. The summed E-state index contributed by atoms with van der Waals surface area (Å²) in [5.41, 5.74) is 2.58. The first-order chi connectivity index (χ1) is 7.54. The summed E-state index contributed by atoms with van der Waals surface area (Å²) in [6.45, 7) is 3.76. The Bertz CT molecular complexity index is 379. The van der Waals surface area contributed by atoms with Gasteiger partial charge in [0.15, 0.2) is 0 Å². The fourth-order valence-corrected chi connectivity index (χ4v) is 1.36. The van der Waals surface area contributed by atoms with E-state index < -0.39 is 0 Å². The molecular weight excluding hydrogens is 230 g/mol. The molecule has 5 heteroatoms. The molecule has 1 amide bonds. The third kappa shape index (κ3) is 3.40. The fourth-order valence-electron chi connectivity index (χ4n) is 1.18. The summed E-state index contributed by atoms with van der Waals surface area (Å²) in [5, 5.41) is 0.470. The molecule has 0 spiro atoms. The van der Waals surface area contributed by atoms with Crippen LogP contribution in [0.4, 0.5) is 0 Å². The first-order valence-electron chi connectivity index (χ1n) is 4.84. The van der Waals surface area contributed by atoms with E-state index in [4.69, 9.17) is 16.3 Å². The Hall–Kier alpha value is -1.26. The molecule has 0 aliphatic rings. The second-order valence-electron chi connectivity index (χ2n) is 3.44. The van der Waals surface area contributed by atoms with E-state index in [0.29, 0.717) is 16.3 Å². The van der Waals surface area contributed by atoms with Crippen molar-refractivity contribution in [2.24, 2.45) is 0 Å². The average molecular weight is 244 g/mol. The Morgan fingerprint density at radius 3 is 2.69 bits per heavy atom. The molecule has 0 bridgehead atoms. The highest BCUT2D eigenvalue weighted by Crippen LogP contribution is 2.23. The number of ether oxygens (including phenoxy) is 1. The summed E-state index contributed by atoms with van der Waals surface area (Å²) >= 11 is 5.82. The lowest BCUT2D eigenvalue weighted by Gasteiger charge is -2.13. The third-order valence-corrected chi connectivity index (χ3v) is 1.98. The molecule has 4 nitrogen and oxygen atoms in total. The number of hydroxylamine groups is 1.